The van der Waals surface area contributed by atoms with Crippen LogP contribution in [0.2, 0.25) is 0 Å². The fourth-order valence-electron chi connectivity index (χ4n) is 3.96. The zero-order chi connectivity index (χ0) is 31.1. The standard InChI is InChI=1S/C33H58O10/c1-3-4-5-9-14-30(2)33(35)43-42-29-32(41-18-13-7-6-12-17-34)28-40-26-24-38-22-20-36-19-21-37-23-25-39-27-31-15-10-8-11-16-31/h8,10-11,15-16,30,32,34H,3-7,9,12-14,17-29H2,1-2H3. The Hall–Kier alpha value is -1.63. The Morgan fingerprint density at radius 1 is 0.698 bits per heavy atom. The molecule has 0 fully saturated rings. The van der Waals surface area contributed by atoms with Gasteiger partial charge in [-0.15, -0.1) is 0 Å². The number of rotatable bonds is 32. The van der Waals surface area contributed by atoms with Crippen molar-refractivity contribution in [2.75, 3.05) is 79.3 Å². The predicted octanol–water partition coefficient (Wildman–Crippen LogP) is 5.29. The van der Waals surface area contributed by atoms with Gasteiger partial charge in [-0.2, -0.15) is 4.89 Å². The van der Waals surface area contributed by atoms with Gasteiger partial charge in [-0.25, -0.2) is 4.79 Å². The average molecular weight is 615 g/mol. The summed E-state index contributed by atoms with van der Waals surface area (Å²) in [5, 5.41) is 8.92. The van der Waals surface area contributed by atoms with Gasteiger partial charge in [-0.1, -0.05) is 82.7 Å². The van der Waals surface area contributed by atoms with Crippen LogP contribution in [-0.4, -0.2) is 96.5 Å². The minimum Gasteiger partial charge on any atom is -0.396 e. The van der Waals surface area contributed by atoms with E-state index in [4.69, 9.17) is 43.3 Å². The average Bonchev–Trinajstić information content (AvgIpc) is 3.02. The maximum Gasteiger partial charge on any atom is 0.345 e. The number of benzene rings is 1. The van der Waals surface area contributed by atoms with Crippen LogP contribution in [0.4, 0.5) is 0 Å². The molecule has 0 amide bonds. The summed E-state index contributed by atoms with van der Waals surface area (Å²) < 4.78 is 33.8. The Morgan fingerprint density at radius 3 is 1.95 bits per heavy atom. The summed E-state index contributed by atoms with van der Waals surface area (Å²) in [6, 6.07) is 10.1. The third-order valence-corrected chi connectivity index (χ3v) is 6.60. The summed E-state index contributed by atoms with van der Waals surface area (Å²) in [5.41, 5.74) is 1.15. The van der Waals surface area contributed by atoms with E-state index < -0.39 is 0 Å². The van der Waals surface area contributed by atoms with Crippen LogP contribution >= 0.6 is 0 Å². The Kier molecular flexibility index (Phi) is 27.8. The fourth-order valence-corrected chi connectivity index (χ4v) is 3.96. The molecule has 0 aromatic heterocycles. The lowest BCUT2D eigenvalue weighted by Gasteiger charge is -2.18. The van der Waals surface area contributed by atoms with E-state index in [-0.39, 0.29) is 31.2 Å². The second kappa shape index (κ2) is 30.4. The maximum atomic E-state index is 12.2. The molecular weight excluding hydrogens is 556 g/mol. The van der Waals surface area contributed by atoms with Crippen molar-refractivity contribution in [3.63, 3.8) is 0 Å². The van der Waals surface area contributed by atoms with E-state index in [2.05, 4.69) is 6.92 Å². The van der Waals surface area contributed by atoms with E-state index in [1.165, 1.54) is 6.42 Å². The zero-order valence-corrected chi connectivity index (χ0v) is 26.7. The lowest BCUT2D eigenvalue weighted by molar-refractivity contribution is -0.289. The molecule has 1 rings (SSSR count). The second-order valence-electron chi connectivity index (χ2n) is 10.5. The van der Waals surface area contributed by atoms with Crippen LogP contribution in [0.1, 0.15) is 77.2 Å². The van der Waals surface area contributed by atoms with E-state index in [0.717, 1.165) is 56.9 Å². The molecule has 10 nitrogen and oxygen atoms in total. The summed E-state index contributed by atoms with van der Waals surface area (Å²) in [6.07, 6.45) is 8.52. The van der Waals surface area contributed by atoms with Crippen LogP contribution in [0, 0.1) is 5.92 Å². The fraction of sp³-hybridized carbons (Fsp3) is 0.788. The van der Waals surface area contributed by atoms with Gasteiger partial charge in [0.2, 0.25) is 0 Å². The molecule has 0 spiro atoms. The smallest absolute Gasteiger partial charge is 0.345 e. The molecule has 0 saturated heterocycles. The maximum absolute atomic E-state index is 12.2. The zero-order valence-electron chi connectivity index (χ0n) is 26.7. The summed E-state index contributed by atoms with van der Waals surface area (Å²) in [6.45, 7) is 9.63. The molecule has 0 bridgehead atoms. The highest BCUT2D eigenvalue weighted by Gasteiger charge is 2.17. The van der Waals surface area contributed by atoms with Gasteiger partial charge >= 0.3 is 5.97 Å². The topological polar surface area (TPSA) is 111 Å². The number of aliphatic hydroxyl groups excluding tert-OH is 1. The molecule has 2 unspecified atom stereocenters. The Labute approximate surface area is 259 Å². The molecule has 0 aliphatic heterocycles. The van der Waals surface area contributed by atoms with Gasteiger partial charge in [0.1, 0.15) is 12.7 Å². The number of hydrogen-bond acceptors (Lipinski definition) is 10. The van der Waals surface area contributed by atoms with Crippen molar-refractivity contribution >= 4 is 5.97 Å². The highest BCUT2D eigenvalue weighted by atomic mass is 17.2. The van der Waals surface area contributed by atoms with Gasteiger partial charge in [-0.3, -0.25) is 4.89 Å². The van der Waals surface area contributed by atoms with E-state index in [1.807, 2.05) is 37.3 Å². The lowest BCUT2D eigenvalue weighted by atomic mass is 10.0. The minimum atomic E-state index is -0.363. The van der Waals surface area contributed by atoms with Crippen LogP contribution in [0.5, 0.6) is 0 Å². The molecule has 0 heterocycles. The summed E-state index contributed by atoms with van der Waals surface area (Å²) in [5.74, 6) is -0.548. The van der Waals surface area contributed by atoms with Crippen molar-refractivity contribution in [3.8, 4) is 0 Å². The van der Waals surface area contributed by atoms with Crippen LogP contribution in [0.3, 0.4) is 0 Å². The molecule has 1 aromatic rings. The van der Waals surface area contributed by atoms with Crippen molar-refractivity contribution in [1.82, 2.24) is 0 Å². The van der Waals surface area contributed by atoms with E-state index in [1.54, 1.807) is 0 Å². The van der Waals surface area contributed by atoms with Gasteiger partial charge in [-0.05, 0) is 24.8 Å². The first kappa shape index (κ1) is 39.4. The van der Waals surface area contributed by atoms with E-state index >= 15 is 0 Å². The molecular formula is C33H58O10. The monoisotopic (exact) mass is 614 g/mol. The molecule has 1 N–H and O–H groups in total. The number of unbranched alkanes of at least 4 members (excludes halogenated alkanes) is 6. The Balaban J connectivity index is 2.06. The summed E-state index contributed by atoms with van der Waals surface area (Å²) in [7, 11) is 0. The van der Waals surface area contributed by atoms with E-state index in [0.29, 0.717) is 72.7 Å². The lowest BCUT2D eigenvalue weighted by Crippen LogP contribution is -2.28. The number of carbonyl (C=O) groups excluding carboxylic acids is 1. The van der Waals surface area contributed by atoms with Crippen molar-refractivity contribution in [2.24, 2.45) is 5.92 Å². The molecule has 10 heteroatoms. The van der Waals surface area contributed by atoms with Crippen molar-refractivity contribution in [1.29, 1.82) is 0 Å². The van der Waals surface area contributed by atoms with Crippen molar-refractivity contribution < 1.29 is 48.1 Å². The van der Waals surface area contributed by atoms with Crippen LogP contribution in [0.15, 0.2) is 30.3 Å². The molecule has 0 aliphatic rings. The van der Waals surface area contributed by atoms with Crippen molar-refractivity contribution in [2.45, 2.75) is 84.3 Å². The largest absolute Gasteiger partial charge is 0.396 e. The quantitative estimate of drug-likeness (QED) is 0.0653. The molecule has 1 aromatic carbocycles. The first-order chi connectivity index (χ1) is 21.2. The SMILES string of the molecule is CCCCCCC(C)C(=O)OOCC(COCCOCCOCCOCCOCc1ccccc1)OCCCCCCO. The van der Waals surface area contributed by atoms with Gasteiger partial charge in [0.25, 0.3) is 0 Å². The molecule has 0 saturated carbocycles. The molecule has 250 valence electrons. The number of ether oxygens (including phenoxy) is 6. The predicted molar refractivity (Wildman–Crippen MR) is 165 cm³/mol. The van der Waals surface area contributed by atoms with Gasteiger partial charge in [0, 0.05) is 13.2 Å². The van der Waals surface area contributed by atoms with Gasteiger partial charge < -0.3 is 33.5 Å². The first-order valence-corrected chi connectivity index (χ1v) is 16.2. The molecule has 0 radical (unpaired) electrons. The number of hydrogen-bond donors (Lipinski definition) is 1. The van der Waals surface area contributed by atoms with Crippen molar-refractivity contribution in [3.05, 3.63) is 35.9 Å². The summed E-state index contributed by atoms with van der Waals surface area (Å²) in [4.78, 5) is 22.5. The third kappa shape index (κ3) is 25.4. The van der Waals surface area contributed by atoms with Crippen LogP contribution < -0.4 is 0 Å². The minimum absolute atomic E-state index is 0.0981. The van der Waals surface area contributed by atoms with Gasteiger partial charge in [0.05, 0.1) is 72.0 Å². The summed E-state index contributed by atoms with van der Waals surface area (Å²) >= 11 is 0. The Morgan fingerprint density at radius 2 is 1.30 bits per heavy atom. The van der Waals surface area contributed by atoms with Gasteiger partial charge in [0.15, 0.2) is 0 Å². The highest BCUT2D eigenvalue weighted by Crippen LogP contribution is 2.12. The normalized spacial score (nSPS) is 12.8. The van der Waals surface area contributed by atoms with E-state index in [9.17, 15) is 4.79 Å². The Bertz CT molecular complexity index is 721. The molecule has 43 heavy (non-hydrogen) atoms. The first-order valence-electron chi connectivity index (χ1n) is 16.2. The molecule has 2 atom stereocenters. The van der Waals surface area contributed by atoms with Crippen LogP contribution in [0.25, 0.3) is 0 Å². The third-order valence-electron chi connectivity index (χ3n) is 6.60. The molecule has 0 aliphatic carbocycles. The number of carbonyl (C=O) groups is 1. The number of aliphatic hydroxyl groups is 1. The van der Waals surface area contributed by atoms with Crippen LogP contribution in [-0.2, 0) is 49.6 Å². The second-order valence-corrected chi connectivity index (χ2v) is 10.5. The highest BCUT2D eigenvalue weighted by molar-refractivity contribution is 5.71.